The van der Waals surface area contributed by atoms with E-state index < -0.39 is 0 Å². The summed E-state index contributed by atoms with van der Waals surface area (Å²) in [6.07, 6.45) is 2.67. The Hall–Kier alpha value is -1.52. The van der Waals surface area contributed by atoms with E-state index in [0.29, 0.717) is 12.2 Å². The van der Waals surface area contributed by atoms with Crippen LogP contribution < -0.4 is 5.32 Å². The van der Waals surface area contributed by atoms with E-state index >= 15 is 0 Å². The lowest BCUT2D eigenvalue weighted by molar-refractivity contribution is 0.468. The second kappa shape index (κ2) is 6.96. The molecule has 0 aromatic heterocycles. The minimum absolute atomic E-state index is 0. The Kier molecular flexibility index (Phi) is 5.26. The lowest BCUT2D eigenvalue weighted by atomic mass is 9.95. The third kappa shape index (κ3) is 3.77. The smallest absolute Gasteiger partial charge is 0.119 e. The molecule has 112 valence electrons. The summed E-state index contributed by atoms with van der Waals surface area (Å²) in [5.41, 5.74) is 4.63. The second-order valence-electron chi connectivity index (χ2n) is 5.34. The van der Waals surface area contributed by atoms with Crippen LogP contribution >= 0.6 is 17.0 Å². The molecule has 0 unspecified atom stereocenters. The van der Waals surface area contributed by atoms with E-state index in [-0.39, 0.29) is 22.7 Å². The topological polar surface area (TPSA) is 52.5 Å². The minimum Gasteiger partial charge on any atom is -0.508 e. The van der Waals surface area contributed by atoms with Gasteiger partial charge in [0.1, 0.15) is 11.5 Å². The maximum Gasteiger partial charge on any atom is 0.119 e. The number of nitrogens with one attached hydrogen (secondary N) is 1. The number of hydrogen-bond acceptors (Lipinski definition) is 3. The molecule has 2 aromatic rings. The molecule has 0 amide bonds. The highest BCUT2D eigenvalue weighted by molar-refractivity contribution is 8.93. The third-order valence-corrected chi connectivity index (χ3v) is 3.87. The summed E-state index contributed by atoms with van der Waals surface area (Å²) in [6, 6.07) is 11.2. The average Bonchev–Trinajstić information content (AvgIpc) is 2.67. The first-order valence-corrected chi connectivity index (χ1v) is 7.04. The standard InChI is InChI=1S/C17H19NO2.BrH/c19-16-3-1-12(2-4-16)9-15-10-13-5-7-18-8-6-14(13)11-17(15)20;/h1-4,10-11,18-20H,5-9H2;1H. The Balaban J connectivity index is 0.00000161. The van der Waals surface area contributed by atoms with Gasteiger partial charge in [0.2, 0.25) is 0 Å². The summed E-state index contributed by atoms with van der Waals surface area (Å²) in [5.74, 6) is 0.643. The average molecular weight is 350 g/mol. The number of fused-ring (bicyclic) bond motifs is 1. The van der Waals surface area contributed by atoms with Crippen LogP contribution in [-0.2, 0) is 19.3 Å². The predicted molar refractivity (Wildman–Crippen MR) is 89.6 cm³/mol. The van der Waals surface area contributed by atoms with Crippen LogP contribution in [0.1, 0.15) is 22.3 Å². The summed E-state index contributed by atoms with van der Waals surface area (Å²) >= 11 is 0. The van der Waals surface area contributed by atoms with E-state index in [9.17, 15) is 10.2 Å². The highest BCUT2D eigenvalue weighted by Crippen LogP contribution is 2.27. The first kappa shape index (κ1) is 15.9. The highest BCUT2D eigenvalue weighted by atomic mass is 79.9. The van der Waals surface area contributed by atoms with Gasteiger partial charge in [-0.15, -0.1) is 17.0 Å². The van der Waals surface area contributed by atoms with Gasteiger partial charge in [-0.05, 0) is 66.4 Å². The molecule has 0 aliphatic carbocycles. The van der Waals surface area contributed by atoms with Crippen molar-refractivity contribution in [2.75, 3.05) is 13.1 Å². The maximum absolute atomic E-state index is 10.2. The van der Waals surface area contributed by atoms with Crippen LogP contribution in [0.25, 0.3) is 0 Å². The Morgan fingerprint density at radius 3 is 2.19 bits per heavy atom. The molecular weight excluding hydrogens is 330 g/mol. The van der Waals surface area contributed by atoms with E-state index in [2.05, 4.69) is 11.4 Å². The summed E-state index contributed by atoms with van der Waals surface area (Å²) in [7, 11) is 0. The molecule has 3 nitrogen and oxygen atoms in total. The summed E-state index contributed by atoms with van der Waals surface area (Å²) < 4.78 is 0. The van der Waals surface area contributed by atoms with Crippen molar-refractivity contribution in [1.82, 2.24) is 5.32 Å². The Morgan fingerprint density at radius 2 is 1.52 bits per heavy atom. The Labute approximate surface area is 135 Å². The third-order valence-electron chi connectivity index (χ3n) is 3.87. The number of halogens is 1. The molecule has 2 aromatic carbocycles. The van der Waals surface area contributed by atoms with Crippen molar-refractivity contribution < 1.29 is 10.2 Å². The van der Waals surface area contributed by atoms with E-state index in [0.717, 1.165) is 37.1 Å². The molecule has 0 radical (unpaired) electrons. The maximum atomic E-state index is 10.2. The zero-order valence-electron chi connectivity index (χ0n) is 11.8. The molecule has 3 N–H and O–H groups in total. The second-order valence-corrected chi connectivity index (χ2v) is 5.34. The van der Waals surface area contributed by atoms with Crippen LogP contribution in [0.15, 0.2) is 36.4 Å². The molecule has 1 aliphatic rings. The zero-order valence-corrected chi connectivity index (χ0v) is 13.5. The van der Waals surface area contributed by atoms with Crippen molar-refractivity contribution >= 4 is 17.0 Å². The minimum atomic E-state index is 0. The fraction of sp³-hybridized carbons (Fsp3) is 0.294. The normalized spacial score (nSPS) is 13.9. The monoisotopic (exact) mass is 349 g/mol. The molecule has 1 aliphatic heterocycles. The molecule has 0 fully saturated rings. The van der Waals surface area contributed by atoms with Crippen molar-refractivity contribution in [2.45, 2.75) is 19.3 Å². The zero-order chi connectivity index (χ0) is 13.9. The summed E-state index contributed by atoms with van der Waals surface area (Å²) in [4.78, 5) is 0. The van der Waals surface area contributed by atoms with Crippen LogP contribution in [0.4, 0.5) is 0 Å². The molecule has 0 atom stereocenters. The number of phenols is 2. The van der Waals surface area contributed by atoms with Crippen molar-refractivity contribution in [3.05, 3.63) is 58.7 Å². The first-order chi connectivity index (χ1) is 9.72. The van der Waals surface area contributed by atoms with Gasteiger partial charge in [-0.25, -0.2) is 0 Å². The van der Waals surface area contributed by atoms with Crippen molar-refractivity contribution in [3.8, 4) is 11.5 Å². The van der Waals surface area contributed by atoms with E-state index in [1.54, 1.807) is 12.1 Å². The molecule has 4 heteroatoms. The van der Waals surface area contributed by atoms with Crippen LogP contribution in [-0.4, -0.2) is 23.3 Å². The van der Waals surface area contributed by atoms with Crippen LogP contribution in [0.5, 0.6) is 11.5 Å². The number of hydrogen-bond donors (Lipinski definition) is 3. The largest absolute Gasteiger partial charge is 0.508 e. The van der Waals surface area contributed by atoms with Crippen molar-refractivity contribution in [2.24, 2.45) is 0 Å². The molecule has 1 heterocycles. The van der Waals surface area contributed by atoms with Gasteiger partial charge in [-0.3, -0.25) is 0 Å². The van der Waals surface area contributed by atoms with Gasteiger partial charge in [-0.2, -0.15) is 0 Å². The fourth-order valence-electron chi connectivity index (χ4n) is 2.74. The molecule has 3 rings (SSSR count). The van der Waals surface area contributed by atoms with Gasteiger partial charge in [-0.1, -0.05) is 18.2 Å². The van der Waals surface area contributed by atoms with Crippen LogP contribution in [0, 0.1) is 0 Å². The highest BCUT2D eigenvalue weighted by Gasteiger charge is 2.12. The van der Waals surface area contributed by atoms with Gasteiger partial charge in [0.05, 0.1) is 0 Å². The molecule has 0 saturated carbocycles. The SMILES string of the molecule is Br.Oc1ccc(Cc2cc3c(cc2O)CCNCC3)cc1. The molecule has 0 spiro atoms. The van der Waals surface area contributed by atoms with Crippen LogP contribution in [0.2, 0.25) is 0 Å². The lowest BCUT2D eigenvalue weighted by Gasteiger charge is -2.11. The molecule has 21 heavy (non-hydrogen) atoms. The van der Waals surface area contributed by atoms with E-state index in [1.807, 2.05) is 18.2 Å². The summed E-state index contributed by atoms with van der Waals surface area (Å²) in [6.45, 7) is 1.97. The molecule has 0 saturated heterocycles. The van der Waals surface area contributed by atoms with Gasteiger partial charge < -0.3 is 15.5 Å². The van der Waals surface area contributed by atoms with Crippen molar-refractivity contribution in [1.29, 1.82) is 0 Å². The van der Waals surface area contributed by atoms with Gasteiger partial charge >= 0.3 is 0 Å². The number of rotatable bonds is 2. The lowest BCUT2D eigenvalue weighted by Crippen LogP contribution is -2.16. The van der Waals surface area contributed by atoms with Gasteiger partial charge in [0, 0.05) is 6.42 Å². The number of phenolic OH excluding ortho intramolecular Hbond substituents is 2. The van der Waals surface area contributed by atoms with E-state index in [1.165, 1.54) is 11.1 Å². The van der Waals surface area contributed by atoms with Crippen molar-refractivity contribution in [3.63, 3.8) is 0 Å². The van der Waals surface area contributed by atoms with Gasteiger partial charge in [0.25, 0.3) is 0 Å². The predicted octanol–water partition coefficient (Wildman–Crippen LogP) is 2.95. The fourth-order valence-corrected chi connectivity index (χ4v) is 2.74. The summed E-state index contributed by atoms with van der Waals surface area (Å²) in [5, 5.41) is 22.9. The Morgan fingerprint density at radius 1 is 0.905 bits per heavy atom. The Bertz CT molecular complexity index is 611. The molecular formula is C17H20BrNO2. The number of benzene rings is 2. The first-order valence-electron chi connectivity index (χ1n) is 7.04. The quantitative estimate of drug-likeness (QED) is 0.781. The van der Waals surface area contributed by atoms with E-state index in [4.69, 9.17) is 0 Å². The number of aromatic hydroxyl groups is 2. The van der Waals surface area contributed by atoms with Crippen LogP contribution in [0.3, 0.4) is 0 Å². The molecule has 0 bridgehead atoms. The van der Waals surface area contributed by atoms with Gasteiger partial charge in [0.15, 0.2) is 0 Å².